The van der Waals surface area contributed by atoms with E-state index in [2.05, 4.69) is 24.0 Å². The molecule has 84 valence electrons. The summed E-state index contributed by atoms with van der Waals surface area (Å²) >= 11 is 3.51. The predicted molar refractivity (Wildman–Crippen MR) is 72.0 cm³/mol. The SMILES string of the molecule is Cc1ccc(SCc2cnc(C)s2)c(N)c1. The molecule has 1 heterocycles. The lowest BCUT2D eigenvalue weighted by Gasteiger charge is -2.04. The third-order valence-electron chi connectivity index (χ3n) is 2.20. The summed E-state index contributed by atoms with van der Waals surface area (Å²) in [5, 5.41) is 1.12. The van der Waals surface area contributed by atoms with Gasteiger partial charge in [-0.3, -0.25) is 0 Å². The number of nitrogen functional groups attached to an aromatic ring is 1. The van der Waals surface area contributed by atoms with Crippen molar-refractivity contribution in [2.24, 2.45) is 0 Å². The van der Waals surface area contributed by atoms with Crippen LogP contribution in [0.1, 0.15) is 15.4 Å². The van der Waals surface area contributed by atoms with Gasteiger partial charge in [0.05, 0.1) is 5.01 Å². The summed E-state index contributed by atoms with van der Waals surface area (Å²) in [5.41, 5.74) is 8.03. The number of nitrogens with two attached hydrogens (primary N) is 1. The van der Waals surface area contributed by atoms with Gasteiger partial charge in [0.15, 0.2) is 0 Å². The quantitative estimate of drug-likeness (QED) is 0.668. The van der Waals surface area contributed by atoms with Gasteiger partial charge >= 0.3 is 0 Å². The van der Waals surface area contributed by atoms with Gasteiger partial charge in [-0.2, -0.15) is 0 Å². The van der Waals surface area contributed by atoms with E-state index in [1.165, 1.54) is 10.4 Å². The molecule has 1 aromatic heterocycles. The first kappa shape index (κ1) is 11.5. The molecule has 1 aromatic carbocycles. The lowest BCUT2D eigenvalue weighted by Crippen LogP contribution is -1.89. The maximum atomic E-state index is 5.96. The molecule has 0 aliphatic carbocycles. The van der Waals surface area contributed by atoms with E-state index in [0.717, 1.165) is 21.3 Å². The average molecular weight is 250 g/mol. The fraction of sp³-hybridized carbons (Fsp3) is 0.250. The van der Waals surface area contributed by atoms with Crippen molar-refractivity contribution in [3.63, 3.8) is 0 Å². The number of aromatic nitrogens is 1. The molecule has 0 radical (unpaired) electrons. The van der Waals surface area contributed by atoms with Crippen LogP contribution >= 0.6 is 23.1 Å². The van der Waals surface area contributed by atoms with Crippen molar-refractivity contribution in [2.75, 3.05) is 5.73 Å². The summed E-state index contributed by atoms with van der Waals surface area (Å²) < 4.78 is 0. The van der Waals surface area contributed by atoms with Gasteiger partial charge in [-0.15, -0.1) is 23.1 Å². The van der Waals surface area contributed by atoms with Crippen molar-refractivity contribution in [3.8, 4) is 0 Å². The number of hydrogen-bond donors (Lipinski definition) is 1. The van der Waals surface area contributed by atoms with E-state index in [4.69, 9.17) is 5.73 Å². The summed E-state index contributed by atoms with van der Waals surface area (Å²) in [4.78, 5) is 6.68. The van der Waals surface area contributed by atoms with E-state index in [9.17, 15) is 0 Å². The van der Waals surface area contributed by atoms with Gasteiger partial charge in [0.25, 0.3) is 0 Å². The zero-order chi connectivity index (χ0) is 11.5. The second-order valence-corrected chi connectivity index (χ2v) is 6.01. The minimum Gasteiger partial charge on any atom is -0.398 e. The first-order chi connectivity index (χ1) is 7.65. The molecule has 2 rings (SSSR count). The largest absolute Gasteiger partial charge is 0.398 e. The fourth-order valence-corrected chi connectivity index (χ4v) is 3.19. The number of thiazole rings is 1. The number of aryl methyl sites for hydroxylation is 2. The van der Waals surface area contributed by atoms with Crippen LogP contribution in [0.25, 0.3) is 0 Å². The summed E-state index contributed by atoms with van der Waals surface area (Å²) in [5.74, 6) is 0.943. The standard InChI is InChI=1S/C12H14N2S2/c1-8-3-4-12(11(13)5-8)15-7-10-6-14-9(2)16-10/h3-6H,7,13H2,1-2H3. The van der Waals surface area contributed by atoms with Crippen LogP contribution in [0.4, 0.5) is 5.69 Å². The molecule has 0 fully saturated rings. The molecule has 2 N–H and O–H groups in total. The van der Waals surface area contributed by atoms with E-state index >= 15 is 0 Å². The first-order valence-electron chi connectivity index (χ1n) is 5.05. The molecule has 0 saturated heterocycles. The number of anilines is 1. The zero-order valence-corrected chi connectivity index (χ0v) is 11.0. The highest BCUT2D eigenvalue weighted by molar-refractivity contribution is 7.98. The van der Waals surface area contributed by atoms with E-state index in [0.29, 0.717) is 0 Å². The van der Waals surface area contributed by atoms with Crippen LogP contribution in [0.2, 0.25) is 0 Å². The number of thioether (sulfide) groups is 1. The summed E-state index contributed by atoms with van der Waals surface area (Å²) in [6.07, 6.45) is 1.94. The predicted octanol–water partition coefficient (Wildman–Crippen LogP) is 3.63. The summed E-state index contributed by atoms with van der Waals surface area (Å²) in [7, 11) is 0. The Morgan fingerprint density at radius 1 is 1.38 bits per heavy atom. The molecule has 0 amide bonds. The number of hydrogen-bond acceptors (Lipinski definition) is 4. The van der Waals surface area contributed by atoms with Crippen molar-refractivity contribution in [1.29, 1.82) is 0 Å². The average Bonchev–Trinajstić information content (AvgIpc) is 2.63. The monoisotopic (exact) mass is 250 g/mol. The second-order valence-electron chi connectivity index (χ2n) is 3.68. The molecule has 0 bridgehead atoms. The molecule has 4 heteroatoms. The van der Waals surface area contributed by atoms with Gasteiger partial charge < -0.3 is 5.73 Å². The molecule has 0 unspecified atom stereocenters. The van der Waals surface area contributed by atoms with E-state index in [1.807, 2.05) is 19.2 Å². The number of rotatable bonds is 3. The maximum Gasteiger partial charge on any atom is 0.0897 e. The van der Waals surface area contributed by atoms with Crippen molar-refractivity contribution < 1.29 is 0 Å². The minimum atomic E-state index is 0.867. The van der Waals surface area contributed by atoms with Gasteiger partial charge in [0.1, 0.15) is 0 Å². The van der Waals surface area contributed by atoms with Crippen LogP contribution in [-0.2, 0) is 5.75 Å². The van der Waals surface area contributed by atoms with Gasteiger partial charge in [0.2, 0.25) is 0 Å². The Hall–Kier alpha value is -1.00. The summed E-state index contributed by atoms with van der Waals surface area (Å²) in [6, 6.07) is 6.19. The number of nitrogens with zero attached hydrogens (tertiary/aromatic N) is 1. The lowest BCUT2D eigenvalue weighted by molar-refractivity contribution is 1.28. The van der Waals surface area contributed by atoms with Crippen LogP contribution in [0.3, 0.4) is 0 Å². The molecule has 2 aromatic rings. The molecule has 0 spiro atoms. The topological polar surface area (TPSA) is 38.9 Å². The van der Waals surface area contributed by atoms with Crippen LogP contribution in [0.5, 0.6) is 0 Å². The molecular formula is C12H14N2S2. The Kier molecular flexibility index (Phi) is 3.51. The smallest absolute Gasteiger partial charge is 0.0897 e. The Morgan fingerprint density at radius 2 is 2.19 bits per heavy atom. The summed E-state index contributed by atoms with van der Waals surface area (Å²) in [6.45, 7) is 4.08. The molecule has 16 heavy (non-hydrogen) atoms. The van der Waals surface area contributed by atoms with E-state index in [-0.39, 0.29) is 0 Å². The Bertz CT molecular complexity index is 492. The van der Waals surface area contributed by atoms with Gasteiger partial charge in [-0.05, 0) is 31.5 Å². The van der Waals surface area contributed by atoms with Crippen molar-refractivity contribution in [2.45, 2.75) is 24.5 Å². The van der Waals surface area contributed by atoms with Crippen LogP contribution in [-0.4, -0.2) is 4.98 Å². The van der Waals surface area contributed by atoms with Crippen molar-refractivity contribution in [1.82, 2.24) is 4.98 Å². The first-order valence-corrected chi connectivity index (χ1v) is 6.85. The zero-order valence-electron chi connectivity index (χ0n) is 9.36. The molecule has 0 aliphatic rings. The maximum absolute atomic E-state index is 5.96. The molecule has 0 aliphatic heterocycles. The Balaban J connectivity index is 2.04. The van der Waals surface area contributed by atoms with Crippen LogP contribution in [0, 0.1) is 13.8 Å². The van der Waals surface area contributed by atoms with Crippen molar-refractivity contribution in [3.05, 3.63) is 39.8 Å². The number of benzene rings is 1. The third-order valence-corrected chi connectivity index (χ3v) is 4.44. The van der Waals surface area contributed by atoms with E-state index in [1.54, 1.807) is 23.1 Å². The van der Waals surface area contributed by atoms with Gasteiger partial charge in [0, 0.05) is 27.4 Å². The van der Waals surface area contributed by atoms with E-state index < -0.39 is 0 Å². The van der Waals surface area contributed by atoms with Crippen LogP contribution in [0.15, 0.2) is 29.3 Å². The Labute approximate surface area is 104 Å². The minimum absolute atomic E-state index is 0.867. The molecular weight excluding hydrogens is 236 g/mol. The van der Waals surface area contributed by atoms with Crippen LogP contribution < -0.4 is 5.73 Å². The highest BCUT2D eigenvalue weighted by atomic mass is 32.2. The fourth-order valence-electron chi connectivity index (χ4n) is 1.42. The highest BCUT2D eigenvalue weighted by Crippen LogP contribution is 2.30. The normalized spacial score (nSPS) is 10.6. The third kappa shape index (κ3) is 2.77. The van der Waals surface area contributed by atoms with Gasteiger partial charge in [-0.25, -0.2) is 4.98 Å². The Morgan fingerprint density at radius 3 is 2.81 bits per heavy atom. The van der Waals surface area contributed by atoms with Gasteiger partial charge in [-0.1, -0.05) is 6.07 Å². The van der Waals surface area contributed by atoms with Crippen molar-refractivity contribution >= 4 is 28.8 Å². The highest BCUT2D eigenvalue weighted by Gasteiger charge is 2.03. The molecule has 2 nitrogen and oxygen atoms in total. The second kappa shape index (κ2) is 4.89. The molecule has 0 atom stereocenters. The molecule has 0 saturated carbocycles. The lowest BCUT2D eigenvalue weighted by atomic mass is 10.2.